The quantitative estimate of drug-likeness (QED) is 0.574. The summed E-state index contributed by atoms with van der Waals surface area (Å²) >= 11 is 0. The monoisotopic (exact) mass is 467 g/mol. The van der Waals surface area contributed by atoms with Crippen molar-refractivity contribution in [3.8, 4) is 0 Å². The fraction of sp³-hybridized carbons (Fsp3) is 0.571. The van der Waals surface area contributed by atoms with E-state index >= 15 is 0 Å². The van der Waals surface area contributed by atoms with E-state index in [1.165, 1.54) is 0 Å². The highest BCUT2D eigenvalue weighted by atomic mass is 16.3. The molecule has 0 bridgehead atoms. The van der Waals surface area contributed by atoms with Gasteiger partial charge < -0.3 is 15.7 Å². The third kappa shape index (κ3) is 7.03. The fourth-order valence-electron chi connectivity index (χ4n) is 4.67. The average Bonchev–Trinajstić information content (AvgIpc) is 3.17. The van der Waals surface area contributed by atoms with E-state index in [2.05, 4.69) is 15.5 Å². The van der Waals surface area contributed by atoms with E-state index in [1.54, 1.807) is 0 Å². The molecular weight excluding hydrogens is 426 g/mol. The first-order valence-electron chi connectivity index (χ1n) is 12.4. The molecule has 2 aromatic carbocycles. The maximum absolute atomic E-state index is 13.2. The van der Waals surface area contributed by atoms with Gasteiger partial charge in [0.1, 0.15) is 0 Å². The van der Waals surface area contributed by atoms with Crippen molar-refractivity contribution < 1.29 is 14.7 Å². The third-order valence-corrected chi connectivity index (χ3v) is 6.09. The van der Waals surface area contributed by atoms with Gasteiger partial charge in [-0.2, -0.15) is 0 Å². The molecule has 6 nitrogen and oxygen atoms in total. The number of rotatable bonds is 7. The number of aliphatic hydroxyl groups excluding tert-OH is 1. The van der Waals surface area contributed by atoms with E-state index < -0.39 is 6.10 Å². The summed E-state index contributed by atoms with van der Waals surface area (Å²) in [4.78, 5) is 28.0. The van der Waals surface area contributed by atoms with Crippen molar-refractivity contribution in [3.05, 3.63) is 47.5 Å². The van der Waals surface area contributed by atoms with Gasteiger partial charge in [-0.1, -0.05) is 36.4 Å². The average molecular weight is 468 g/mol. The number of β-amino-alcohol motifs (C(OH)–C–C–N with tert-alkyl or cyclic N) is 1. The van der Waals surface area contributed by atoms with Crippen LogP contribution in [0.25, 0.3) is 10.8 Å². The van der Waals surface area contributed by atoms with Crippen LogP contribution in [0.15, 0.2) is 36.4 Å². The van der Waals surface area contributed by atoms with Crippen molar-refractivity contribution in [2.75, 3.05) is 13.1 Å². The van der Waals surface area contributed by atoms with Crippen LogP contribution >= 0.6 is 0 Å². The number of hydrogen-bond acceptors (Lipinski definition) is 4. The largest absolute Gasteiger partial charge is 0.392 e. The molecule has 1 fully saturated rings. The Bertz CT molecular complexity index is 1020. The van der Waals surface area contributed by atoms with Gasteiger partial charge in [0.15, 0.2) is 0 Å². The van der Waals surface area contributed by atoms with Crippen molar-refractivity contribution in [1.29, 1.82) is 0 Å². The fourth-order valence-corrected chi connectivity index (χ4v) is 4.67. The highest BCUT2D eigenvalue weighted by molar-refractivity contribution is 6.08. The van der Waals surface area contributed by atoms with Crippen LogP contribution in [0.5, 0.6) is 0 Å². The van der Waals surface area contributed by atoms with Crippen molar-refractivity contribution in [2.24, 2.45) is 0 Å². The predicted octanol–water partition coefficient (Wildman–Crippen LogP) is 4.04. The number of nitrogens with zero attached hydrogens (tertiary/aromatic N) is 1. The molecule has 186 valence electrons. The molecule has 1 heterocycles. The van der Waals surface area contributed by atoms with Crippen LogP contribution in [0, 0.1) is 0 Å². The van der Waals surface area contributed by atoms with Gasteiger partial charge in [0.05, 0.1) is 17.7 Å². The summed E-state index contributed by atoms with van der Waals surface area (Å²) in [5.74, 6) is -0.0554. The molecule has 2 atom stereocenters. The summed E-state index contributed by atoms with van der Waals surface area (Å²) in [6.45, 7) is 13.1. The van der Waals surface area contributed by atoms with Crippen molar-refractivity contribution in [3.63, 3.8) is 0 Å². The summed E-state index contributed by atoms with van der Waals surface area (Å²) in [5.41, 5.74) is 1.000. The number of hydrogen-bond donors (Lipinski definition) is 3. The van der Waals surface area contributed by atoms with Crippen molar-refractivity contribution >= 4 is 22.6 Å². The molecule has 2 amide bonds. The molecule has 1 saturated heterocycles. The molecule has 0 spiro atoms. The Morgan fingerprint density at radius 1 is 1.03 bits per heavy atom. The molecule has 6 heteroatoms. The van der Waals surface area contributed by atoms with E-state index in [1.807, 2.05) is 77.9 Å². The maximum Gasteiger partial charge on any atom is 0.252 e. The van der Waals surface area contributed by atoms with Crippen LogP contribution in [0.2, 0.25) is 0 Å². The SMILES string of the molecule is CC(C)(C)NC(=O)c1c(CC[C@@H](O)CN2CCC[C@H]2C(=O)NC(C)(C)C)ccc2ccccc12. The van der Waals surface area contributed by atoms with Gasteiger partial charge in [0, 0.05) is 17.6 Å². The number of aryl methyl sites for hydroxylation is 1. The van der Waals surface area contributed by atoms with Crippen LogP contribution < -0.4 is 10.6 Å². The number of likely N-dealkylation sites (tertiary alicyclic amines) is 1. The van der Waals surface area contributed by atoms with E-state index in [0.717, 1.165) is 35.7 Å². The lowest BCUT2D eigenvalue weighted by atomic mass is 9.93. The lowest BCUT2D eigenvalue weighted by Crippen LogP contribution is -2.51. The van der Waals surface area contributed by atoms with Crippen LogP contribution in [0.3, 0.4) is 0 Å². The Kier molecular flexibility index (Phi) is 8.04. The normalized spacial score (nSPS) is 18.1. The smallest absolute Gasteiger partial charge is 0.252 e. The summed E-state index contributed by atoms with van der Waals surface area (Å²) < 4.78 is 0. The highest BCUT2D eigenvalue weighted by Crippen LogP contribution is 2.25. The van der Waals surface area contributed by atoms with Crippen LogP contribution in [0.1, 0.15) is 76.7 Å². The molecule has 1 aliphatic rings. The second kappa shape index (κ2) is 10.4. The standard InChI is InChI=1S/C28H41N3O3/c1-27(2,3)29-25(33)23-12-9-17-31(23)18-21(32)16-15-20-14-13-19-10-7-8-11-22(19)24(20)26(34)30-28(4,5)6/h7-8,10-11,13-14,21,23,32H,9,12,15-18H2,1-6H3,(H,29,33)(H,30,34)/t21-,23+/m1/s1. The Hall–Kier alpha value is -2.44. The van der Waals surface area contributed by atoms with Gasteiger partial charge in [-0.15, -0.1) is 0 Å². The first-order chi connectivity index (χ1) is 15.8. The van der Waals surface area contributed by atoms with Crippen LogP contribution in [-0.4, -0.2) is 58.1 Å². The number of fused-ring (bicyclic) bond motifs is 1. The minimum Gasteiger partial charge on any atom is -0.392 e. The molecule has 34 heavy (non-hydrogen) atoms. The first-order valence-corrected chi connectivity index (χ1v) is 12.4. The highest BCUT2D eigenvalue weighted by Gasteiger charge is 2.33. The van der Waals surface area contributed by atoms with Gasteiger partial charge in [0.25, 0.3) is 5.91 Å². The minimum absolute atomic E-state index is 0.0351. The van der Waals surface area contributed by atoms with E-state index in [0.29, 0.717) is 24.9 Å². The zero-order valence-corrected chi connectivity index (χ0v) is 21.6. The molecule has 0 radical (unpaired) electrons. The Balaban J connectivity index is 1.71. The summed E-state index contributed by atoms with van der Waals surface area (Å²) in [7, 11) is 0. The first kappa shape index (κ1) is 26.2. The van der Waals surface area contributed by atoms with Crippen molar-refractivity contribution in [1.82, 2.24) is 15.5 Å². The Morgan fingerprint density at radius 3 is 2.38 bits per heavy atom. The molecule has 3 N–H and O–H groups in total. The molecule has 0 aromatic heterocycles. The summed E-state index contributed by atoms with van der Waals surface area (Å²) in [6.07, 6.45) is 2.31. The number of carbonyl (C=O) groups is 2. The number of benzene rings is 2. The number of carbonyl (C=O) groups excluding carboxylic acids is 2. The number of nitrogens with one attached hydrogen (secondary N) is 2. The van der Waals surface area contributed by atoms with Gasteiger partial charge in [-0.05, 0) is 90.1 Å². The maximum atomic E-state index is 13.2. The second-order valence-electron chi connectivity index (χ2n) is 11.6. The van der Waals surface area contributed by atoms with E-state index in [4.69, 9.17) is 0 Å². The molecular formula is C28H41N3O3. The van der Waals surface area contributed by atoms with Crippen molar-refractivity contribution in [2.45, 2.75) is 90.4 Å². The van der Waals surface area contributed by atoms with Gasteiger partial charge in [-0.3, -0.25) is 14.5 Å². The van der Waals surface area contributed by atoms with E-state index in [9.17, 15) is 14.7 Å². The lowest BCUT2D eigenvalue weighted by Gasteiger charge is -2.29. The molecule has 3 rings (SSSR count). The van der Waals surface area contributed by atoms with Gasteiger partial charge in [-0.25, -0.2) is 0 Å². The Labute approximate surface area is 204 Å². The number of aliphatic hydroxyl groups is 1. The van der Waals surface area contributed by atoms with Gasteiger partial charge >= 0.3 is 0 Å². The van der Waals surface area contributed by atoms with Gasteiger partial charge in [0.2, 0.25) is 5.91 Å². The molecule has 0 saturated carbocycles. The zero-order valence-electron chi connectivity index (χ0n) is 21.6. The minimum atomic E-state index is -0.576. The molecule has 2 aromatic rings. The van der Waals surface area contributed by atoms with Crippen LogP contribution in [-0.2, 0) is 11.2 Å². The molecule has 0 unspecified atom stereocenters. The van der Waals surface area contributed by atoms with E-state index in [-0.39, 0.29) is 28.9 Å². The third-order valence-electron chi connectivity index (χ3n) is 6.09. The summed E-state index contributed by atoms with van der Waals surface area (Å²) in [6, 6.07) is 11.8. The second-order valence-corrected chi connectivity index (χ2v) is 11.6. The summed E-state index contributed by atoms with van der Waals surface area (Å²) in [5, 5.41) is 19.0. The molecule has 0 aliphatic carbocycles. The van der Waals surface area contributed by atoms with Crippen LogP contribution in [0.4, 0.5) is 0 Å². The predicted molar refractivity (Wildman–Crippen MR) is 138 cm³/mol. The molecule has 1 aliphatic heterocycles. The zero-order chi connectivity index (χ0) is 25.1. The Morgan fingerprint density at radius 2 is 1.71 bits per heavy atom. The topological polar surface area (TPSA) is 81.7 Å². The lowest BCUT2D eigenvalue weighted by molar-refractivity contribution is -0.127. The number of amides is 2.